The number of aliphatic imine (C=N–C) groups is 1. The molecule has 0 radical (unpaired) electrons. The van der Waals surface area contributed by atoms with Gasteiger partial charge in [-0.25, -0.2) is 0 Å². The van der Waals surface area contributed by atoms with Crippen LogP contribution >= 0.6 is 15.9 Å². The highest BCUT2D eigenvalue weighted by Crippen LogP contribution is 2.23. The molecule has 1 atom stereocenters. The standard InChI is InChI=1S/C15H22BrN3O2/c16-13-6-2-3-7-14(13)21-11-12(20)10-18-15(17)19-8-4-1-5-9-19/h2-3,6-7,12,20H,1,4-5,8-11H2,(H2,17,18). The zero-order valence-corrected chi connectivity index (χ0v) is 13.6. The van der Waals surface area contributed by atoms with Crippen molar-refractivity contribution in [1.29, 1.82) is 0 Å². The fraction of sp³-hybridized carbons (Fsp3) is 0.533. The van der Waals surface area contributed by atoms with E-state index in [2.05, 4.69) is 25.8 Å². The number of aliphatic hydroxyl groups is 1. The third kappa shape index (κ3) is 5.21. The minimum atomic E-state index is -0.666. The van der Waals surface area contributed by atoms with E-state index in [-0.39, 0.29) is 13.2 Å². The normalized spacial score (nSPS) is 17.6. The maximum atomic E-state index is 9.93. The topological polar surface area (TPSA) is 71.1 Å². The van der Waals surface area contributed by atoms with Crippen LogP contribution < -0.4 is 10.5 Å². The van der Waals surface area contributed by atoms with Crippen LogP contribution in [-0.2, 0) is 0 Å². The summed E-state index contributed by atoms with van der Waals surface area (Å²) < 4.78 is 6.42. The van der Waals surface area contributed by atoms with E-state index in [9.17, 15) is 5.11 Å². The summed E-state index contributed by atoms with van der Waals surface area (Å²) in [6.45, 7) is 2.37. The first-order valence-electron chi connectivity index (χ1n) is 7.27. The van der Waals surface area contributed by atoms with E-state index < -0.39 is 6.10 Å². The van der Waals surface area contributed by atoms with Crippen molar-refractivity contribution in [2.75, 3.05) is 26.2 Å². The van der Waals surface area contributed by atoms with E-state index in [1.807, 2.05) is 24.3 Å². The highest BCUT2D eigenvalue weighted by Gasteiger charge is 2.13. The summed E-state index contributed by atoms with van der Waals surface area (Å²) in [7, 11) is 0. The van der Waals surface area contributed by atoms with Gasteiger partial charge in [0.2, 0.25) is 0 Å². The highest BCUT2D eigenvalue weighted by molar-refractivity contribution is 9.10. The number of guanidine groups is 1. The molecule has 6 heteroatoms. The van der Waals surface area contributed by atoms with Crippen LogP contribution in [0.25, 0.3) is 0 Å². The maximum absolute atomic E-state index is 9.93. The number of hydrogen-bond acceptors (Lipinski definition) is 3. The quantitative estimate of drug-likeness (QED) is 0.625. The van der Waals surface area contributed by atoms with Gasteiger partial charge in [-0.3, -0.25) is 4.99 Å². The van der Waals surface area contributed by atoms with Crippen LogP contribution in [0.15, 0.2) is 33.7 Å². The lowest BCUT2D eigenvalue weighted by atomic mass is 10.1. The van der Waals surface area contributed by atoms with Gasteiger partial charge < -0.3 is 20.5 Å². The molecular formula is C15H22BrN3O2. The average Bonchev–Trinajstić information content (AvgIpc) is 2.52. The largest absolute Gasteiger partial charge is 0.490 e. The Morgan fingerprint density at radius 1 is 1.33 bits per heavy atom. The Morgan fingerprint density at radius 2 is 2.05 bits per heavy atom. The number of likely N-dealkylation sites (tertiary alicyclic amines) is 1. The Balaban J connectivity index is 1.76. The van der Waals surface area contributed by atoms with Crippen LogP contribution in [0.5, 0.6) is 5.75 Å². The van der Waals surface area contributed by atoms with E-state index >= 15 is 0 Å². The monoisotopic (exact) mass is 355 g/mol. The summed E-state index contributed by atoms with van der Waals surface area (Å²) in [5, 5.41) is 9.93. The first-order chi connectivity index (χ1) is 10.2. The summed E-state index contributed by atoms with van der Waals surface area (Å²) in [5.74, 6) is 1.24. The lowest BCUT2D eigenvalue weighted by Crippen LogP contribution is -2.41. The van der Waals surface area contributed by atoms with Crippen molar-refractivity contribution < 1.29 is 9.84 Å². The van der Waals surface area contributed by atoms with E-state index in [0.717, 1.165) is 30.4 Å². The molecule has 5 nitrogen and oxygen atoms in total. The van der Waals surface area contributed by atoms with Crippen molar-refractivity contribution in [2.24, 2.45) is 10.7 Å². The van der Waals surface area contributed by atoms with Crippen molar-refractivity contribution in [3.8, 4) is 5.75 Å². The molecule has 0 amide bonds. The molecule has 0 bridgehead atoms. The van der Waals surface area contributed by atoms with Gasteiger partial charge in [-0.15, -0.1) is 0 Å². The second-order valence-electron chi connectivity index (χ2n) is 5.14. The molecule has 1 aromatic carbocycles. The van der Waals surface area contributed by atoms with Crippen LogP contribution in [-0.4, -0.2) is 48.3 Å². The maximum Gasteiger partial charge on any atom is 0.191 e. The Kier molecular flexibility index (Phi) is 6.32. The number of para-hydroxylation sites is 1. The van der Waals surface area contributed by atoms with Gasteiger partial charge in [-0.1, -0.05) is 12.1 Å². The Hall–Kier alpha value is -1.27. The Bertz CT molecular complexity index is 476. The first kappa shape index (κ1) is 16.1. The van der Waals surface area contributed by atoms with Crippen LogP contribution in [0.1, 0.15) is 19.3 Å². The molecule has 1 saturated heterocycles. The minimum absolute atomic E-state index is 0.194. The third-order valence-corrected chi connectivity index (χ3v) is 4.07. The summed E-state index contributed by atoms with van der Waals surface area (Å²) in [4.78, 5) is 6.34. The Morgan fingerprint density at radius 3 is 2.76 bits per heavy atom. The minimum Gasteiger partial charge on any atom is -0.490 e. The fourth-order valence-electron chi connectivity index (χ4n) is 2.22. The predicted octanol–water partition coefficient (Wildman–Crippen LogP) is 1.99. The van der Waals surface area contributed by atoms with Crippen molar-refractivity contribution in [1.82, 2.24) is 4.90 Å². The van der Waals surface area contributed by atoms with Gasteiger partial charge in [-0.05, 0) is 47.3 Å². The number of aliphatic hydroxyl groups excluding tert-OH is 1. The number of hydrogen-bond donors (Lipinski definition) is 2. The molecule has 1 aliphatic rings. The molecular weight excluding hydrogens is 334 g/mol. The highest BCUT2D eigenvalue weighted by atomic mass is 79.9. The van der Waals surface area contributed by atoms with E-state index in [4.69, 9.17) is 10.5 Å². The SMILES string of the molecule is NC(=NCC(O)COc1ccccc1Br)N1CCCCC1. The fourth-order valence-corrected chi connectivity index (χ4v) is 2.62. The summed E-state index contributed by atoms with van der Waals surface area (Å²) in [6.07, 6.45) is 2.90. The van der Waals surface area contributed by atoms with E-state index in [1.54, 1.807) is 0 Å². The molecule has 116 valence electrons. The van der Waals surface area contributed by atoms with Crippen LogP contribution in [0.2, 0.25) is 0 Å². The molecule has 1 fully saturated rings. The number of halogens is 1. The van der Waals surface area contributed by atoms with Gasteiger partial charge in [0, 0.05) is 13.1 Å². The van der Waals surface area contributed by atoms with Crippen LogP contribution in [0, 0.1) is 0 Å². The number of rotatable bonds is 5. The molecule has 2 rings (SSSR count). The van der Waals surface area contributed by atoms with Crippen molar-refractivity contribution in [2.45, 2.75) is 25.4 Å². The van der Waals surface area contributed by atoms with E-state index in [0.29, 0.717) is 11.7 Å². The molecule has 0 saturated carbocycles. The zero-order valence-electron chi connectivity index (χ0n) is 12.0. The number of nitrogens with two attached hydrogens (primary N) is 1. The number of piperidine rings is 1. The molecule has 21 heavy (non-hydrogen) atoms. The first-order valence-corrected chi connectivity index (χ1v) is 8.06. The van der Waals surface area contributed by atoms with Gasteiger partial charge in [-0.2, -0.15) is 0 Å². The molecule has 0 spiro atoms. The van der Waals surface area contributed by atoms with Gasteiger partial charge in [0.05, 0.1) is 11.0 Å². The van der Waals surface area contributed by atoms with Gasteiger partial charge in [0.15, 0.2) is 5.96 Å². The van der Waals surface area contributed by atoms with E-state index in [1.165, 1.54) is 6.42 Å². The molecule has 1 unspecified atom stereocenters. The van der Waals surface area contributed by atoms with Crippen molar-refractivity contribution in [3.05, 3.63) is 28.7 Å². The Labute approximate surface area is 133 Å². The summed E-state index contributed by atoms with van der Waals surface area (Å²) >= 11 is 3.40. The van der Waals surface area contributed by atoms with Crippen molar-refractivity contribution in [3.63, 3.8) is 0 Å². The molecule has 1 aliphatic heterocycles. The van der Waals surface area contributed by atoms with Crippen molar-refractivity contribution >= 4 is 21.9 Å². The second kappa shape index (κ2) is 8.24. The van der Waals surface area contributed by atoms with Gasteiger partial charge in [0.25, 0.3) is 0 Å². The summed E-state index contributed by atoms with van der Waals surface area (Å²) in [6, 6.07) is 7.55. The lowest BCUT2D eigenvalue weighted by molar-refractivity contribution is 0.114. The average molecular weight is 356 g/mol. The molecule has 3 N–H and O–H groups in total. The van der Waals surface area contributed by atoms with Crippen LogP contribution in [0.4, 0.5) is 0 Å². The number of benzene rings is 1. The molecule has 0 aliphatic carbocycles. The smallest absolute Gasteiger partial charge is 0.191 e. The summed E-state index contributed by atoms with van der Waals surface area (Å²) in [5.41, 5.74) is 5.94. The molecule has 0 aromatic heterocycles. The third-order valence-electron chi connectivity index (χ3n) is 3.41. The van der Waals surface area contributed by atoms with Gasteiger partial charge >= 0.3 is 0 Å². The number of nitrogens with zero attached hydrogens (tertiary/aromatic N) is 2. The van der Waals surface area contributed by atoms with Gasteiger partial charge in [0.1, 0.15) is 18.5 Å². The van der Waals surface area contributed by atoms with Crippen LogP contribution in [0.3, 0.4) is 0 Å². The number of ether oxygens (including phenoxy) is 1. The molecule has 1 heterocycles. The zero-order chi connectivity index (χ0) is 15.1. The lowest BCUT2D eigenvalue weighted by Gasteiger charge is -2.27. The molecule has 1 aromatic rings. The second-order valence-corrected chi connectivity index (χ2v) is 6.00. The predicted molar refractivity (Wildman–Crippen MR) is 87.6 cm³/mol.